The zero-order valence-corrected chi connectivity index (χ0v) is 17.2. The van der Waals surface area contributed by atoms with E-state index in [4.69, 9.17) is 4.52 Å². The minimum atomic E-state index is 0.0709. The van der Waals surface area contributed by atoms with Gasteiger partial charge in [-0.3, -0.25) is 4.79 Å². The summed E-state index contributed by atoms with van der Waals surface area (Å²) in [5, 5.41) is 12.5. The SMILES string of the molecule is Cc1ccc(C(=O)N2CCCC(n3cc(-c4nc(-c5ccccc5)no4)nn3)C2)s1. The predicted octanol–water partition coefficient (Wildman–Crippen LogP) is 3.84. The lowest BCUT2D eigenvalue weighted by atomic mass is 10.1. The molecule has 0 spiro atoms. The molecule has 1 aromatic carbocycles. The summed E-state index contributed by atoms with van der Waals surface area (Å²) in [5.74, 6) is 0.932. The largest absolute Gasteiger partial charge is 0.336 e. The molecule has 0 bridgehead atoms. The maximum Gasteiger partial charge on any atom is 0.280 e. The molecule has 0 radical (unpaired) electrons. The highest BCUT2D eigenvalue weighted by Crippen LogP contribution is 2.26. The Kier molecular flexibility index (Phi) is 4.88. The van der Waals surface area contributed by atoms with Crippen LogP contribution in [0.1, 0.15) is 33.4 Å². The van der Waals surface area contributed by atoms with E-state index in [2.05, 4.69) is 20.5 Å². The second-order valence-corrected chi connectivity index (χ2v) is 8.62. The molecule has 5 rings (SSSR count). The van der Waals surface area contributed by atoms with Crippen molar-refractivity contribution >= 4 is 17.2 Å². The van der Waals surface area contributed by atoms with Crippen LogP contribution in [0.2, 0.25) is 0 Å². The first-order valence-corrected chi connectivity index (χ1v) is 10.7. The monoisotopic (exact) mass is 420 g/mol. The highest BCUT2D eigenvalue weighted by Gasteiger charge is 2.27. The number of aryl methyl sites for hydroxylation is 1. The Morgan fingerprint density at radius 3 is 2.87 bits per heavy atom. The summed E-state index contributed by atoms with van der Waals surface area (Å²) in [7, 11) is 0. The first kappa shape index (κ1) is 18.7. The average molecular weight is 420 g/mol. The van der Waals surface area contributed by atoms with Gasteiger partial charge in [-0.1, -0.05) is 40.7 Å². The number of carbonyl (C=O) groups excluding carboxylic acids is 1. The lowest BCUT2D eigenvalue weighted by Gasteiger charge is -2.32. The van der Waals surface area contributed by atoms with Gasteiger partial charge in [0, 0.05) is 23.5 Å². The summed E-state index contributed by atoms with van der Waals surface area (Å²) < 4.78 is 7.19. The topological polar surface area (TPSA) is 89.9 Å². The molecule has 30 heavy (non-hydrogen) atoms. The number of hydrogen-bond donors (Lipinski definition) is 0. The van der Waals surface area contributed by atoms with E-state index in [0.29, 0.717) is 24.0 Å². The minimum Gasteiger partial charge on any atom is -0.336 e. The number of benzene rings is 1. The predicted molar refractivity (Wildman–Crippen MR) is 112 cm³/mol. The van der Waals surface area contributed by atoms with Crippen LogP contribution in [0.15, 0.2) is 53.2 Å². The first-order valence-electron chi connectivity index (χ1n) is 9.84. The van der Waals surface area contributed by atoms with Gasteiger partial charge in [0.1, 0.15) is 0 Å². The molecule has 3 aromatic heterocycles. The van der Waals surface area contributed by atoms with Gasteiger partial charge in [0.2, 0.25) is 5.82 Å². The van der Waals surface area contributed by atoms with Crippen LogP contribution in [0.5, 0.6) is 0 Å². The summed E-state index contributed by atoms with van der Waals surface area (Å²) in [4.78, 5) is 21.1. The molecule has 1 atom stereocenters. The zero-order valence-electron chi connectivity index (χ0n) is 16.4. The number of nitrogens with zero attached hydrogens (tertiary/aromatic N) is 6. The Morgan fingerprint density at radius 2 is 2.07 bits per heavy atom. The standard InChI is InChI=1S/C21H20N6O2S/c1-14-9-10-18(30-14)21(28)26-11-5-8-16(12-26)27-13-17(23-25-27)20-22-19(24-29-20)15-6-3-2-4-7-15/h2-4,6-7,9-10,13,16H,5,8,11-12H2,1H3. The Morgan fingerprint density at radius 1 is 1.20 bits per heavy atom. The van der Waals surface area contributed by atoms with Crippen LogP contribution in [0, 0.1) is 6.92 Å². The van der Waals surface area contributed by atoms with E-state index in [1.807, 2.05) is 60.5 Å². The molecule has 1 aliphatic rings. The summed E-state index contributed by atoms with van der Waals surface area (Å²) in [5.41, 5.74) is 1.41. The van der Waals surface area contributed by atoms with Crippen molar-refractivity contribution in [2.75, 3.05) is 13.1 Å². The fourth-order valence-electron chi connectivity index (χ4n) is 3.65. The van der Waals surface area contributed by atoms with Crippen LogP contribution < -0.4 is 0 Å². The number of aromatic nitrogens is 5. The van der Waals surface area contributed by atoms with Crippen molar-refractivity contribution in [2.24, 2.45) is 0 Å². The molecule has 1 aliphatic heterocycles. The highest BCUT2D eigenvalue weighted by atomic mass is 32.1. The van der Waals surface area contributed by atoms with Crippen LogP contribution in [0.4, 0.5) is 0 Å². The molecule has 9 heteroatoms. The van der Waals surface area contributed by atoms with Crippen LogP contribution in [0.25, 0.3) is 23.0 Å². The van der Waals surface area contributed by atoms with Gasteiger partial charge in [0.05, 0.1) is 17.1 Å². The van der Waals surface area contributed by atoms with Crippen molar-refractivity contribution in [1.29, 1.82) is 0 Å². The van der Waals surface area contributed by atoms with Crippen LogP contribution in [-0.4, -0.2) is 49.0 Å². The summed E-state index contributed by atoms with van der Waals surface area (Å²) >= 11 is 1.53. The lowest BCUT2D eigenvalue weighted by molar-refractivity contribution is 0.0677. The number of carbonyl (C=O) groups is 1. The van der Waals surface area contributed by atoms with Crippen LogP contribution in [-0.2, 0) is 0 Å². The highest BCUT2D eigenvalue weighted by molar-refractivity contribution is 7.13. The van der Waals surface area contributed by atoms with E-state index >= 15 is 0 Å². The quantitative estimate of drug-likeness (QED) is 0.498. The van der Waals surface area contributed by atoms with Crippen molar-refractivity contribution in [2.45, 2.75) is 25.8 Å². The van der Waals surface area contributed by atoms with E-state index < -0.39 is 0 Å². The van der Waals surface area contributed by atoms with Crippen molar-refractivity contribution in [3.8, 4) is 23.0 Å². The molecule has 4 heterocycles. The maximum absolute atomic E-state index is 12.8. The van der Waals surface area contributed by atoms with Gasteiger partial charge in [-0.2, -0.15) is 4.98 Å². The molecule has 0 N–H and O–H groups in total. The Balaban J connectivity index is 1.32. The van der Waals surface area contributed by atoms with Crippen LogP contribution >= 0.6 is 11.3 Å². The number of thiophene rings is 1. The fraction of sp³-hybridized carbons (Fsp3) is 0.286. The van der Waals surface area contributed by atoms with E-state index in [0.717, 1.165) is 34.7 Å². The van der Waals surface area contributed by atoms with Gasteiger partial charge >= 0.3 is 0 Å². The van der Waals surface area contributed by atoms with Crippen molar-refractivity contribution in [1.82, 2.24) is 30.0 Å². The molecule has 1 amide bonds. The number of hydrogen-bond acceptors (Lipinski definition) is 7. The lowest BCUT2D eigenvalue weighted by Crippen LogP contribution is -2.40. The minimum absolute atomic E-state index is 0.0709. The molecule has 1 fully saturated rings. The van der Waals surface area contributed by atoms with E-state index in [-0.39, 0.29) is 11.9 Å². The van der Waals surface area contributed by atoms with Crippen LogP contribution in [0.3, 0.4) is 0 Å². The maximum atomic E-state index is 12.8. The fourth-order valence-corrected chi connectivity index (χ4v) is 4.48. The average Bonchev–Trinajstić information content (AvgIpc) is 3.54. The molecule has 8 nitrogen and oxygen atoms in total. The van der Waals surface area contributed by atoms with Crippen molar-refractivity contribution in [3.05, 3.63) is 58.4 Å². The number of likely N-dealkylation sites (tertiary alicyclic amines) is 1. The summed E-state index contributed by atoms with van der Waals surface area (Å²) in [6, 6.07) is 13.6. The second kappa shape index (κ2) is 7.83. The molecule has 0 aliphatic carbocycles. The number of piperidine rings is 1. The second-order valence-electron chi connectivity index (χ2n) is 7.33. The zero-order chi connectivity index (χ0) is 20.5. The normalized spacial score (nSPS) is 16.7. The molecule has 1 saturated heterocycles. The van der Waals surface area contributed by atoms with Gasteiger partial charge in [-0.05, 0) is 31.9 Å². The third kappa shape index (κ3) is 3.63. The van der Waals surface area contributed by atoms with Crippen molar-refractivity contribution in [3.63, 3.8) is 0 Å². The summed E-state index contributed by atoms with van der Waals surface area (Å²) in [6.07, 6.45) is 3.68. The first-order chi connectivity index (χ1) is 14.7. The third-order valence-electron chi connectivity index (χ3n) is 5.20. The molecule has 152 valence electrons. The number of rotatable bonds is 4. The van der Waals surface area contributed by atoms with E-state index in [1.165, 1.54) is 11.3 Å². The molecule has 1 unspecified atom stereocenters. The molecular formula is C21H20N6O2S. The molecular weight excluding hydrogens is 400 g/mol. The van der Waals surface area contributed by atoms with Gasteiger partial charge < -0.3 is 9.42 Å². The van der Waals surface area contributed by atoms with Gasteiger partial charge in [-0.25, -0.2) is 4.68 Å². The Hall–Kier alpha value is -3.33. The number of amides is 1. The third-order valence-corrected chi connectivity index (χ3v) is 6.19. The van der Waals surface area contributed by atoms with E-state index in [1.54, 1.807) is 4.68 Å². The molecule has 4 aromatic rings. The summed E-state index contributed by atoms with van der Waals surface area (Å²) in [6.45, 7) is 3.38. The van der Waals surface area contributed by atoms with E-state index in [9.17, 15) is 4.79 Å². The Labute approximate surface area is 177 Å². The van der Waals surface area contributed by atoms with Gasteiger partial charge in [0.25, 0.3) is 11.8 Å². The molecule has 0 saturated carbocycles. The van der Waals surface area contributed by atoms with Gasteiger partial charge in [0.15, 0.2) is 5.69 Å². The smallest absolute Gasteiger partial charge is 0.280 e. The van der Waals surface area contributed by atoms with Gasteiger partial charge in [-0.15, -0.1) is 16.4 Å². The van der Waals surface area contributed by atoms with Crippen molar-refractivity contribution < 1.29 is 9.32 Å². The Bertz CT molecular complexity index is 1170.